The number of aliphatic carboxylic acids is 2. The highest BCUT2D eigenvalue weighted by atomic mass is 16.4. The SMILES string of the molecule is O=C(NCNC1C2CN(Cc3ccccc3)CC21)C(O)(c1ccccc1)C1CCCCC1.O=C(O)CCC(=O)O. The van der Waals surface area contributed by atoms with Crippen molar-refractivity contribution in [3.05, 3.63) is 71.8 Å². The molecule has 9 heteroatoms. The molecule has 2 aliphatic carbocycles. The van der Waals surface area contributed by atoms with Crippen LogP contribution in [0.3, 0.4) is 0 Å². The van der Waals surface area contributed by atoms with Gasteiger partial charge in [-0.25, -0.2) is 0 Å². The van der Waals surface area contributed by atoms with Crippen LogP contribution in [0, 0.1) is 17.8 Å². The molecule has 3 fully saturated rings. The van der Waals surface area contributed by atoms with Gasteiger partial charge in [0.05, 0.1) is 19.5 Å². The summed E-state index contributed by atoms with van der Waals surface area (Å²) in [6.07, 6.45) is 4.56. The van der Waals surface area contributed by atoms with E-state index in [0.717, 1.165) is 45.3 Å². The zero-order valence-corrected chi connectivity index (χ0v) is 22.9. The Morgan fingerprint density at radius 1 is 0.825 bits per heavy atom. The average Bonchev–Trinajstić information content (AvgIpc) is 3.42. The lowest BCUT2D eigenvalue weighted by Gasteiger charge is -2.37. The normalized spacial score (nSPS) is 23.7. The zero-order chi connectivity index (χ0) is 28.5. The van der Waals surface area contributed by atoms with Gasteiger partial charge in [-0.1, -0.05) is 79.9 Å². The summed E-state index contributed by atoms with van der Waals surface area (Å²) in [6, 6.07) is 20.6. The van der Waals surface area contributed by atoms with Crippen molar-refractivity contribution in [3.63, 3.8) is 0 Å². The molecule has 0 radical (unpaired) electrons. The lowest BCUT2D eigenvalue weighted by Crippen LogP contribution is -2.52. The molecule has 3 unspecified atom stereocenters. The fourth-order valence-corrected chi connectivity index (χ4v) is 6.25. The fraction of sp³-hybridized carbons (Fsp3) is 0.516. The van der Waals surface area contributed by atoms with Crippen LogP contribution in [0.2, 0.25) is 0 Å². The monoisotopic (exact) mass is 551 g/mol. The predicted octanol–water partition coefficient (Wildman–Crippen LogP) is 3.18. The Morgan fingerprint density at radius 2 is 1.38 bits per heavy atom. The molecule has 1 amide bonds. The van der Waals surface area contributed by atoms with Gasteiger partial charge in [0, 0.05) is 31.6 Å². The van der Waals surface area contributed by atoms with Gasteiger partial charge in [0.15, 0.2) is 5.60 Å². The molecule has 0 aromatic heterocycles. The van der Waals surface area contributed by atoms with Crippen LogP contribution in [0.5, 0.6) is 0 Å². The summed E-state index contributed by atoms with van der Waals surface area (Å²) in [5, 5.41) is 34.0. The number of hydrogen-bond acceptors (Lipinski definition) is 6. The minimum absolute atomic E-state index is 0.0227. The van der Waals surface area contributed by atoms with Crippen LogP contribution >= 0.6 is 0 Å². The summed E-state index contributed by atoms with van der Waals surface area (Å²) in [7, 11) is 0. The quantitative estimate of drug-likeness (QED) is 0.269. The highest BCUT2D eigenvalue weighted by molar-refractivity contribution is 5.86. The zero-order valence-electron chi connectivity index (χ0n) is 22.9. The number of carboxylic acid groups (broad SMARTS) is 2. The van der Waals surface area contributed by atoms with Crippen molar-refractivity contribution in [3.8, 4) is 0 Å². The number of nitrogens with zero attached hydrogens (tertiary/aromatic N) is 1. The van der Waals surface area contributed by atoms with E-state index in [1.165, 1.54) is 12.0 Å². The Morgan fingerprint density at radius 3 is 1.93 bits per heavy atom. The molecule has 0 bridgehead atoms. The first-order valence-corrected chi connectivity index (χ1v) is 14.3. The molecule has 1 aliphatic heterocycles. The number of likely N-dealkylation sites (tertiary alicyclic amines) is 1. The molecular weight excluding hydrogens is 510 g/mol. The van der Waals surface area contributed by atoms with Crippen LogP contribution in [-0.4, -0.2) is 63.9 Å². The molecule has 5 N–H and O–H groups in total. The van der Waals surface area contributed by atoms with E-state index in [-0.39, 0.29) is 24.7 Å². The van der Waals surface area contributed by atoms with E-state index in [4.69, 9.17) is 10.2 Å². The summed E-state index contributed by atoms with van der Waals surface area (Å²) >= 11 is 0. The Balaban J connectivity index is 0.000000406. The number of carboxylic acids is 2. The highest BCUT2D eigenvalue weighted by Crippen LogP contribution is 2.45. The highest BCUT2D eigenvalue weighted by Gasteiger charge is 2.55. The van der Waals surface area contributed by atoms with Gasteiger partial charge in [-0.05, 0) is 35.8 Å². The second-order valence-electron chi connectivity index (χ2n) is 11.2. The minimum Gasteiger partial charge on any atom is -0.481 e. The lowest BCUT2D eigenvalue weighted by molar-refractivity contribution is -0.149. The number of hydrogen-bond donors (Lipinski definition) is 5. The summed E-state index contributed by atoms with van der Waals surface area (Å²) in [5.41, 5.74) is 0.632. The first kappa shape index (κ1) is 29.7. The molecule has 2 aromatic rings. The maximum absolute atomic E-state index is 13.3. The van der Waals surface area contributed by atoms with Crippen LogP contribution in [-0.2, 0) is 26.5 Å². The summed E-state index contributed by atoms with van der Waals surface area (Å²) in [5.74, 6) is -1.10. The summed E-state index contributed by atoms with van der Waals surface area (Å²) in [4.78, 5) is 35.1. The van der Waals surface area contributed by atoms with Crippen LogP contribution < -0.4 is 10.6 Å². The number of nitrogens with one attached hydrogen (secondary N) is 2. The molecule has 2 aromatic carbocycles. The summed E-state index contributed by atoms with van der Waals surface area (Å²) in [6.45, 7) is 3.66. The van der Waals surface area contributed by atoms with Crippen molar-refractivity contribution in [1.82, 2.24) is 15.5 Å². The third-order valence-corrected chi connectivity index (χ3v) is 8.41. The standard InChI is InChI=1S/C27H35N3O2.C4H6O4/c31-26(27(32,21-12-6-2-7-13-21)22-14-8-3-9-15-22)29-19-28-25-23-17-30(18-24(23)25)16-20-10-4-1-5-11-20;5-3(6)1-2-4(7)8/h1-2,4-7,10-13,22-25,28,32H,3,8-9,14-19H2,(H,29,31);1-2H2,(H,5,6)(H,7,8). The second kappa shape index (κ2) is 13.9. The topological polar surface area (TPSA) is 139 Å². The third kappa shape index (κ3) is 7.68. The number of aliphatic hydroxyl groups is 1. The van der Waals surface area contributed by atoms with Crippen molar-refractivity contribution in [2.45, 2.75) is 63.1 Å². The number of piperidine rings is 1. The van der Waals surface area contributed by atoms with Crippen LogP contribution in [0.4, 0.5) is 0 Å². The largest absolute Gasteiger partial charge is 0.481 e. The molecule has 3 atom stereocenters. The Labute approximate surface area is 235 Å². The van der Waals surface area contributed by atoms with E-state index in [2.05, 4.69) is 45.9 Å². The van der Waals surface area contributed by atoms with E-state index in [1.54, 1.807) is 0 Å². The predicted molar refractivity (Wildman–Crippen MR) is 150 cm³/mol. The van der Waals surface area contributed by atoms with Crippen LogP contribution in [0.15, 0.2) is 60.7 Å². The molecule has 1 heterocycles. The maximum Gasteiger partial charge on any atom is 0.303 e. The van der Waals surface area contributed by atoms with E-state index < -0.39 is 17.5 Å². The number of carbonyl (C=O) groups is 3. The third-order valence-electron chi connectivity index (χ3n) is 8.41. The van der Waals surface area contributed by atoms with Crippen molar-refractivity contribution in [1.29, 1.82) is 0 Å². The molecule has 9 nitrogen and oxygen atoms in total. The maximum atomic E-state index is 13.3. The molecule has 3 aliphatic rings. The number of benzene rings is 2. The first-order valence-electron chi connectivity index (χ1n) is 14.3. The van der Waals surface area contributed by atoms with Gasteiger partial charge < -0.3 is 20.6 Å². The van der Waals surface area contributed by atoms with Gasteiger partial charge in [-0.15, -0.1) is 0 Å². The van der Waals surface area contributed by atoms with Gasteiger partial charge in [0.2, 0.25) is 0 Å². The van der Waals surface area contributed by atoms with Gasteiger partial charge in [0.1, 0.15) is 0 Å². The Bertz CT molecular complexity index is 1100. The van der Waals surface area contributed by atoms with Gasteiger partial charge in [0.25, 0.3) is 5.91 Å². The average molecular weight is 552 g/mol. The van der Waals surface area contributed by atoms with Gasteiger partial charge in [-0.2, -0.15) is 0 Å². The second-order valence-corrected chi connectivity index (χ2v) is 11.2. The number of rotatable bonds is 11. The Kier molecular flexibility index (Phi) is 10.3. The molecule has 216 valence electrons. The van der Waals surface area contributed by atoms with Crippen molar-refractivity contribution in [2.24, 2.45) is 17.8 Å². The first-order chi connectivity index (χ1) is 19.3. The molecule has 40 heavy (non-hydrogen) atoms. The van der Waals surface area contributed by atoms with Gasteiger partial charge >= 0.3 is 11.9 Å². The van der Waals surface area contributed by atoms with E-state index in [9.17, 15) is 19.5 Å². The molecule has 5 rings (SSSR count). The molecule has 1 saturated heterocycles. The fourth-order valence-electron chi connectivity index (χ4n) is 6.25. The van der Waals surface area contributed by atoms with Crippen molar-refractivity contribution < 1.29 is 29.7 Å². The van der Waals surface area contributed by atoms with E-state index >= 15 is 0 Å². The van der Waals surface area contributed by atoms with E-state index in [0.29, 0.717) is 30.1 Å². The van der Waals surface area contributed by atoms with Crippen molar-refractivity contribution in [2.75, 3.05) is 19.8 Å². The van der Waals surface area contributed by atoms with Crippen LogP contribution in [0.25, 0.3) is 0 Å². The lowest BCUT2D eigenvalue weighted by atomic mass is 9.73. The number of fused-ring (bicyclic) bond motifs is 1. The number of carbonyl (C=O) groups excluding carboxylic acids is 1. The van der Waals surface area contributed by atoms with Crippen molar-refractivity contribution >= 4 is 17.8 Å². The molecule has 2 saturated carbocycles. The van der Waals surface area contributed by atoms with E-state index in [1.807, 2.05) is 30.3 Å². The Hall–Kier alpha value is -3.27. The molecular formula is C31H41N3O6. The smallest absolute Gasteiger partial charge is 0.303 e. The summed E-state index contributed by atoms with van der Waals surface area (Å²) < 4.78 is 0. The molecule has 0 spiro atoms. The number of amides is 1. The minimum atomic E-state index is -1.45. The van der Waals surface area contributed by atoms with Gasteiger partial charge in [-0.3, -0.25) is 24.6 Å². The van der Waals surface area contributed by atoms with Crippen LogP contribution in [0.1, 0.15) is 56.1 Å².